The molecule has 0 aliphatic carbocycles. The van der Waals surface area contributed by atoms with Gasteiger partial charge in [0.25, 0.3) is 0 Å². The summed E-state index contributed by atoms with van der Waals surface area (Å²) in [6, 6.07) is 3.32. The Balaban J connectivity index is 2.95. The lowest BCUT2D eigenvalue weighted by molar-refractivity contribution is -0.143. The number of hydrogen-bond acceptors (Lipinski definition) is 7. The minimum absolute atomic E-state index is 0.0107. The van der Waals surface area contributed by atoms with E-state index in [1.807, 2.05) is 0 Å². The molecule has 0 fully saturated rings. The van der Waals surface area contributed by atoms with Crippen molar-refractivity contribution < 1.29 is 33.9 Å². The van der Waals surface area contributed by atoms with Crippen LogP contribution in [0, 0.1) is 0 Å². The molecule has 33 heavy (non-hydrogen) atoms. The average molecular weight is 464 g/mol. The minimum atomic E-state index is -1.59. The van der Waals surface area contributed by atoms with Crippen molar-refractivity contribution in [1.82, 2.24) is 16.0 Å². The summed E-state index contributed by atoms with van der Waals surface area (Å²) >= 11 is 0. The number of aliphatic carboxylic acids is 1. The first-order valence-electron chi connectivity index (χ1n) is 9.90. The van der Waals surface area contributed by atoms with Gasteiger partial charge in [-0.15, -0.1) is 0 Å². The Morgan fingerprint density at radius 1 is 0.818 bits per heavy atom. The summed E-state index contributed by atoms with van der Waals surface area (Å²) in [6.07, 6.45) is -1.07. The van der Waals surface area contributed by atoms with E-state index in [9.17, 15) is 33.9 Å². The van der Waals surface area contributed by atoms with Crippen molar-refractivity contribution in [3.05, 3.63) is 35.9 Å². The van der Waals surface area contributed by atoms with E-state index in [-0.39, 0.29) is 6.42 Å². The molecule has 1 aromatic rings. The molecule has 0 spiro atoms. The molecule has 1 rings (SSSR count). The van der Waals surface area contributed by atoms with Crippen LogP contribution >= 0.6 is 0 Å². The lowest BCUT2D eigenvalue weighted by Gasteiger charge is -2.23. The molecule has 0 bridgehead atoms. The van der Waals surface area contributed by atoms with Crippen LogP contribution in [-0.4, -0.2) is 64.8 Å². The fraction of sp³-hybridized carbons (Fsp3) is 0.400. The van der Waals surface area contributed by atoms with E-state index in [0.717, 1.165) is 0 Å². The second-order valence-corrected chi connectivity index (χ2v) is 7.33. The quantitative estimate of drug-likeness (QED) is 0.157. The maximum Gasteiger partial charge on any atom is 0.326 e. The molecule has 0 aliphatic rings. The maximum absolute atomic E-state index is 12.8. The number of benzene rings is 1. The number of carbonyl (C=O) groups is 6. The SMILES string of the molecule is CC(NC(=O)C(N)CC(N)=O)C(=O)NC(Cc1ccccc1)C(=O)NC(CC(N)=O)C(=O)O. The van der Waals surface area contributed by atoms with Crippen LogP contribution in [0.15, 0.2) is 30.3 Å². The van der Waals surface area contributed by atoms with E-state index >= 15 is 0 Å². The molecule has 0 aliphatic heterocycles. The van der Waals surface area contributed by atoms with E-state index in [1.54, 1.807) is 30.3 Å². The largest absolute Gasteiger partial charge is 0.480 e. The fourth-order valence-electron chi connectivity index (χ4n) is 2.72. The number of carboxylic acids is 1. The molecule has 0 heterocycles. The molecule has 0 aromatic heterocycles. The first kappa shape index (κ1) is 27.0. The molecular weight excluding hydrogens is 436 g/mol. The van der Waals surface area contributed by atoms with Crippen molar-refractivity contribution in [3.8, 4) is 0 Å². The van der Waals surface area contributed by atoms with Crippen LogP contribution in [0.4, 0.5) is 0 Å². The molecule has 0 saturated carbocycles. The van der Waals surface area contributed by atoms with Gasteiger partial charge < -0.3 is 38.3 Å². The van der Waals surface area contributed by atoms with Gasteiger partial charge in [0.15, 0.2) is 0 Å². The number of amides is 5. The molecule has 0 radical (unpaired) electrons. The number of hydrogen-bond donors (Lipinski definition) is 7. The van der Waals surface area contributed by atoms with E-state index in [2.05, 4.69) is 16.0 Å². The second kappa shape index (κ2) is 12.8. The minimum Gasteiger partial charge on any atom is -0.480 e. The first-order chi connectivity index (χ1) is 15.4. The normalized spacial score (nSPS) is 14.1. The number of primary amides is 2. The Hall–Kier alpha value is -4.00. The average Bonchev–Trinajstić information content (AvgIpc) is 2.72. The Morgan fingerprint density at radius 2 is 1.36 bits per heavy atom. The van der Waals surface area contributed by atoms with Crippen molar-refractivity contribution in [2.45, 2.75) is 50.4 Å². The molecular formula is C20H28N6O7. The number of nitrogens with one attached hydrogen (secondary N) is 3. The van der Waals surface area contributed by atoms with Gasteiger partial charge in [-0.2, -0.15) is 0 Å². The zero-order valence-electron chi connectivity index (χ0n) is 17.9. The number of nitrogens with two attached hydrogens (primary N) is 3. The molecule has 4 unspecified atom stereocenters. The Labute approximate surface area is 189 Å². The summed E-state index contributed by atoms with van der Waals surface area (Å²) in [7, 11) is 0. The smallest absolute Gasteiger partial charge is 0.326 e. The predicted molar refractivity (Wildman–Crippen MR) is 115 cm³/mol. The van der Waals surface area contributed by atoms with Crippen LogP contribution in [0.1, 0.15) is 25.3 Å². The van der Waals surface area contributed by atoms with Crippen molar-refractivity contribution in [2.75, 3.05) is 0 Å². The van der Waals surface area contributed by atoms with Crippen LogP contribution < -0.4 is 33.2 Å². The van der Waals surface area contributed by atoms with Crippen LogP contribution in [0.3, 0.4) is 0 Å². The Kier molecular flexibility index (Phi) is 10.5. The molecule has 5 amide bonds. The molecule has 13 nitrogen and oxygen atoms in total. The van der Waals surface area contributed by atoms with Gasteiger partial charge in [0, 0.05) is 6.42 Å². The van der Waals surface area contributed by atoms with E-state index in [1.165, 1.54) is 6.92 Å². The first-order valence-corrected chi connectivity index (χ1v) is 9.90. The maximum atomic E-state index is 12.8. The third-order valence-corrected chi connectivity index (χ3v) is 4.45. The highest BCUT2D eigenvalue weighted by atomic mass is 16.4. The third kappa shape index (κ3) is 9.78. The van der Waals surface area contributed by atoms with Gasteiger partial charge in [-0.1, -0.05) is 30.3 Å². The zero-order chi connectivity index (χ0) is 25.1. The van der Waals surface area contributed by atoms with Crippen molar-refractivity contribution in [3.63, 3.8) is 0 Å². The monoisotopic (exact) mass is 464 g/mol. The van der Waals surface area contributed by atoms with E-state index < -0.39 is 72.5 Å². The second-order valence-electron chi connectivity index (χ2n) is 7.33. The molecule has 10 N–H and O–H groups in total. The Morgan fingerprint density at radius 3 is 1.88 bits per heavy atom. The van der Waals surface area contributed by atoms with E-state index in [4.69, 9.17) is 17.2 Å². The molecule has 180 valence electrons. The van der Waals surface area contributed by atoms with Gasteiger partial charge in [0.2, 0.25) is 29.5 Å². The van der Waals surface area contributed by atoms with Crippen LogP contribution in [-0.2, 0) is 35.2 Å². The number of carbonyl (C=O) groups excluding carboxylic acids is 5. The van der Waals surface area contributed by atoms with Crippen molar-refractivity contribution in [1.29, 1.82) is 0 Å². The van der Waals surface area contributed by atoms with Gasteiger partial charge in [0.05, 0.1) is 18.9 Å². The lowest BCUT2D eigenvalue weighted by Crippen LogP contribution is -2.57. The topological polar surface area (TPSA) is 237 Å². The highest BCUT2D eigenvalue weighted by Crippen LogP contribution is 2.05. The van der Waals surface area contributed by atoms with Crippen molar-refractivity contribution >= 4 is 35.5 Å². The zero-order valence-corrected chi connectivity index (χ0v) is 17.9. The number of rotatable bonds is 13. The summed E-state index contributed by atoms with van der Waals surface area (Å²) < 4.78 is 0. The van der Waals surface area contributed by atoms with Gasteiger partial charge in [-0.3, -0.25) is 24.0 Å². The predicted octanol–water partition coefficient (Wildman–Crippen LogP) is -3.13. The highest BCUT2D eigenvalue weighted by Gasteiger charge is 2.29. The fourth-order valence-corrected chi connectivity index (χ4v) is 2.72. The van der Waals surface area contributed by atoms with Crippen LogP contribution in [0.2, 0.25) is 0 Å². The highest BCUT2D eigenvalue weighted by molar-refractivity contribution is 5.95. The van der Waals surface area contributed by atoms with Gasteiger partial charge >= 0.3 is 5.97 Å². The number of carboxylic acid groups (broad SMARTS) is 1. The molecule has 1 aromatic carbocycles. The van der Waals surface area contributed by atoms with Crippen LogP contribution in [0.25, 0.3) is 0 Å². The molecule has 0 saturated heterocycles. The summed E-state index contributed by atoms with van der Waals surface area (Å²) in [5.41, 5.74) is 16.2. The third-order valence-electron chi connectivity index (χ3n) is 4.45. The lowest BCUT2D eigenvalue weighted by atomic mass is 10.0. The Bertz CT molecular complexity index is 892. The van der Waals surface area contributed by atoms with Crippen LogP contribution in [0.5, 0.6) is 0 Å². The summed E-state index contributed by atoms with van der Waals surface area (Å²) in [4.78, 5) is 70.7. The summed E-state index contributed by atoms with van der Waals surface area (Å²) in [5.74, 6) is -5.64. The summed E-state index contributed by atoms with van der Waals surface area (Å²) in [6.45, 7) is 1.33. The van der Waals surface area contributed by atoms with Crippen molar-refractivity contribution in [2.24, 2.45) is 17.2 Å². The van der Waals surface area contributed by atoms with E-state index in [0.29, 0.717) is 5.56 Å². The van der Waals surface area contributed by atoms with Gasteiger partial charge in [-0.05, 0) is 12.5 Å². The van der Waals surface area contributed by atoms with Gasteiger partial charge in [-0.25, -0.2) is 4.79 Å². The standard InChI is InChI=1S/C20H28N6O7/c1-10(24-18(30)12(21)8-15(22)27)17(29)25-13(7-11-5-3-2-4-6-11)19(31)26-14(20(32)33)9-16(23)28/h2-6,10,12-14H,7-9,21H2,1H3,(H2,22,27)(H2,23,28)(H,24,30)(H,25,29)(H,26,31)(H,32,33). The molecule has 13 heteroatoms. The molecule has 4 atom stereocenters. The summed E-state index contributed by atoms with van der Waals surface area (Å²) in [5, 5.41) is 16.2. The van der Waals surface area contributed by atoms with Gasteiger partial charge in [0.1, 0.15) is 18.1 Å².